The minimum Gasteiger partial charge on any atom is -0.387 e. The molecule has 35 heavy (non-hydrogen) atoms. The van der Waals surface area contributed by atoms with Crippen molar-refractivity contribution in [1.82, 2.24) is 10.3 Å². The predicted octanol–water partition coefficient (Wildman–Crippen LogP) is 6.11. The average Bonchev–Trinajstić information content (AvgIpc) is 2.87. The molecule has 1 heterocycles. The van der Waals surface area contributed by atoms with Gasteiger partial charge in [-0.05, 0) is 41.8 Å². The van der Waals surface area contributed by atoms with Crippen molar-refractivity contribution in [2.45, 2.75) is 19.2 Å². The maximum absolute atomic E-state index is 14.1. The number of carbonyl (C=O) groups is 1. The summed E-state index contributed by atoms with van der Waals surface area (Å²) in [5, 5.41) is 13.0. The van der Waals surface area contributed by atoms with Crippen LogP contribution in [0.15, 0.2) is 83.9 Å². The number of benzene rings is 3. The normalized spacial score (nSPS) is 12.7. The van der Waals surface area contributed by atoms with E-state index in [9.17, 15) is 23.1 Å². The van der Waals surface area contributed by atoms with Gasteiger partial charge in [0.05, 0.1) is 22.9 Å². The molecule has 0 aliphatic carbocycles. The third kappa shape index (κ3) is 5.38. The summed E-state index contributed by atoms with van der Waals surface area (Å²) in [6.07, 6.45) is -4.24. The van der Waals surface area contributed by atoms with E-state index in [-0.39, 0.29) is 28.8 Å². The molecular weight excluding hydrogens is 455 g/mol. The number of nitrogens with one attached hydrogen (secondary N) is 1. The molecule has 1 aromatic heterocycles. The van der Waals surface area contributed by atoms with Crippen molar-refractivity contribution in [1.29, 1.82) is 0 Å². The minimum absolute atomic E-state index is 0.131. The summed E-state index contributed by atoms with van der Waals surface area (Å²) in [4.78, 5) is 21.1. The summed E-state index contributed by atoms with van der Waals surface area (Å²) in [7, 11) is 0. The van der Waals surface area contributed by atoms with Crippen LogP contribution in [0.25, 0.3) is 22.0 Å². The number of carbonyl (C=O) groups excluding carboxylic acids is 1. The van der Waals surface area contributed by atoms with Gasteiger partial charge in [0.25, 0.3) is 5.91 Å². The number of aliphatic hydroxyl groups is 1. The zero-order valence-electron chi connectivity index (χ0n) is 18.8. The number of rotatable bonds is 6. The lowest BCUT2D eigenvalue weighted by Gasteiger charge is -2.16. The monoisotopic (exact) mass is 477 g/mol. The van der Waals surface area contributed by atoms with Gasteiger partial charge in [0.2, 0.25) is 0 Å². The Labute approximate surface area is 200 Å². The molecule has 0 aliphatic rings. The molecule has 0 saturated heterocycles. The molecule has 8 heteroatoms. The van der Waals surface area contributed by atoms with Gasteiger partial charge in [-0.25, -0.2) is 4.98 Å². The second-order valence-electron chi connectivity index (χ2n) is 7.83. The number of hydrogen-bond acceptors (Lipinski definition) is 4. The number of fused-ring (bicyclic) bond motifs is 1. The Balaban J connectivity index is 1.78. The van der Waals surface area contributed by atoms with Gasteiger partial charge in [0, 0.05) is 18.1 Å². The lowest BCUT2D eigenvalue weighted by atomic mass is 9.98. The first-order valence-electron chi connectivity index (χ1n) is 10.9. The highest BCUT2D eigenvalue weighted by Crippen LogP contribution is 2.40. The van der Waals surface area contributed by atoms with Crippen molar-refractivity contribution in [3.8, 4) is 11.1 Å². The Hall–Kier alpha value is -4.04. The van der Waals surface area contributed by atoms with Crippen LogP contribution in [-0.2, 0) is 6.18 Å². The van der Waals surface area contributed by atoms with Crippen LogP contribution in [0.2, 0.25) is 0 Å². The number of halogens is 3. The van der Waals surface area contributed by atoms with Crippen LogP contribution in [0.1, 0.15) is 34.6 Å². The van der Waals surface area contributed by atoms with Gasteiger partial charge in [0.15, 0.2) is 0 Å². The number of nitrogens with zero attached hydrogens (tertiary/aromatic N) is 2. The molecule has 0 bridgehead atoms. The first kappa shape index (κ1) is 24.1. The Kier molecular flexibility index (Phi) is 6.93. The van der Waals surface area contributed by atoms with Gasteiger partial charge in [-0.2, -0.15) is 13.2 Å². The highest BCUT2D eigenvalue weighted by Gasteiger charge is 2.35. The number of pyridine rings is 1. The van der Waals surface area contributed by atoms with Crippen LogP contribution >= 0.6 is 0 Å². The zero-order valence-corrected chi connectivity index (χ0v) is 18.8. The number of alkyl halides is 3. The van der Waals surface area contributed by atoms with E-state index in [1.807, 2.05) is 0 Å². The summed E-state index contributed by atoms with van der Waals surface area (Å²) >= 11 is 0. The first-order chi connectivity index (χ1) is 16.8. The van der Waals surface area contributed by atoms with Gasteiger partial charge < -0.3 is 10.4 Å². The fourth-order valence-electron chi connectivity index (χ4n) is 3.76. The van der Waals surface area contributed by atoms with E-state index in [0.717, 1.165) is 6.07 Å². The second-order valence-corrected chi connectivity index (χ2v) is 7.83. The molecule has 1 atom stereocenters. The van der Waals surface area contributed by atoms with Gasteiger partial charge >= 0.3 is 6.18 Å². The summed E-state index contributed by atoms with van der Waals surface area (Å²) in [6.45, 7) is 1.50. The Bertz CT molecular complexity index is 1370. The zero-order chi connectivity index (χ0) is 25.0. The second kappa shape index (κ2) is 10.1. The molecule has 0 radical (unpaired) electrons. The Morgan fingerprint density at radius 3 is 2.31 bits per heavy atom. The molecule has 4 rings (SSSR count). The average molecular weight is 477 g/mol. The Morgan fingerprint density at radius 2 is 1.69 bits per heavy atom. The number of hydrogen-bond donors (Lipinski definition) is 2. The van der Waals surface area contributed by atoms with Crippen molar-refractivity contribution >= 4 is 28.7 Å². The highest BCUT2D eigenvalue weighted by atomic mass is 19.4. The maximum Gasteiger partial charge on any atom is 0.418 e. The lowest BCUT2D eigenvalue weighted by Crippen LogP contribution is -2.29. The van der Waals surface area contributed by atoms with Crippen molar-refractivity contribution in [2.24, 2.45) is 4.99 Å². The number of aliphatic hydroxyl groups excluding tert-OH is 1. The summed E-state index contributed by atoms with van der Waals surface area (Å²) < 4.78 is 42.3. The standard InChI is InChI=1S/C27H22F3N3O2/c1-2-31-22-15-23(26(35)32-16-24(34)18-11-7-4-8-12-18)33-25-20(22)13-19(14-21(25)27(28,29)30)17-9-5-3-6-10-17/h2-15,24,34H,16H2,1H3,(H,32,35). The molecule has 4 aromatic rings. The van der Waals surface area contributed by atoms with Crippen molar-refractivity contribution < 1.29 is 23.1 Å². The maximum atomic E-state index is 14.1. The van der Waals surface area contributed by atoms with Crippen LogP contribution in [0.5, 0.6) is 0 Å². The predicted molar refractivity (Wildman–Crippen MR) is 130 cm³/mol. The SMILES string of the molecule is CC=Nc1cc(C(=O)NCC(O)c2ccccc2)nc2c(C(F)(F)F)cc(-c3ccccc3)cc12. The van der Waals surface area contributed by atoms with Gasteiger partial charge in [-0.15, -0.1) is 0 Å². The Morgan fingerprint density at radius 1 is 1.03 bits per heavy atom. The number of aliphatic imine (C=N–C) groups is 1. The highest BCUT2D eigenvalue weighted by molar-refractivity contribution is 6.02. The van der Waals surface area contributed by atoms with Gasteiger partial charge in [-0.3, -0.25) is 9.79 Å². The summed E-state index contributed by atoms with van der Waals surface area (Å²) in [6, 6.07) is 21.4. The van der Waals surface area contributed by atoms with E-state index in [1.54, 1.807) is 73.7 Å². The molecule has 0 saturated carbocycles. The largest absolute Gasteiger partial charge is 0.418 e. The topological polar surface area (TPSA) is 74.6 Å². The molecule has 0 spiro atoms. The van der Waals surface area contributed by atoms with Crippen LogP contribution < -0.4 is 5.32 Å². The van der Waals surface area contributed by atoms with Gasteiger partial charge in [-0.1, -0.05) is 60.7 Å². The van der Waals surface area contributed by atoms with Crippen LogP contribution in [0.3, 0.4) is 0 Å². The first-order valence-corrected chi connectivity index (χ1v) is 10.9. The van der Waals surface area contributed by atoms with E-state index >= 15 is 0 Å². The van der Waals surface area contributed by atoms with E-state index in [1.165, 1.54) is 12.3 Å². The number of aromatic nitrogens is 1. The van der Waals surface area contributed by atoms with E-state index < -0.39 is 23.8 Å². The number of amides is 1. The fraction of sp³-hybridized carbons (Fsp3) is 0.148. The lowest BCUT2D eigenvalue weighted by molar-refractivity contribution is -0.136. The molecule has 178 valence electrons. The van der Waals surface area contributed by atoms with E-state index in [4.69, 9.17) is 0 Å². The molecule has 1 unspecified atom stereocenters. The van der Waals surface area contributed by atoms with Crippen LogP contribution in [0.4, 0.5) is 18.9 Å². The van der Waals surface area contributed by atoms with Crippen LogP contribution in [0, 0.1) is 0 Å². The molecule has 1 amide bonds. The molecule has 0 aliphatic heterocycles. The van der Waals surface area contributed by atoms with E-state index in [0.29, 0.717) is 16.7 Å². The molecule has 5 nitrogen and oxygen atoms in total. The molecule has 2 N–H and O–H groups in total. The van der Waals surface area contributed by atoms with Crippen molar-refractivity contribution in [3.05, 3.63) is 95.7 Å². The van der Waals surface area contributed by atoms with Crippen molar-refractivity contribution in [3.63, 3.8) is 0 Å². The third-order valence-electron chi connectivity index (χ3n) is 5.45. The third-order valence-corrected chi connectivity index (χ3v) is 5.45. The molecule has 0 fully saturated rings. The summed E-state index contributed by atoms with van der Waals surface area (Å²) in [5.41, 5.74) is 0.217. The van der Waals surface area contributed by atoms with E-state index in [2.05, 4.69) is 15.3 Å². The quantitative estimate of drug-likeness (QED) is 0.329. The van der Waals surface area contributed by atoms with Crippen LogP contribution in [-0.4, -0.2) is 28.8 Å². The fourth-order valence-corrected chi connectivity index (χ4v) is 3.76. The minimum atomic E-state index is -4.71. The summed E-state index contributed by atoms with van der Waals surface area (Å²) in [5.74, 6) is -0.713. The molecule has 3 aromatic carbocycles. The van der Waals surface area contributed by atoms with Gasteiger partial charge in [0.1, 0.15) is 5.69 Å². The molecular formula is C27H22F3N3O2. The van der Waals surface area contributed by atoms with Crippen molar-refractivity contribution in [2.75, 3.05) is 6.54 Å². The smallest absolute Gasteiger partial charge is 0.387 e.